The quantitative estimate of drug-likeness (QED) is 0.884. The second kappa shape index (κ2) is 5.83. The van der Waals surface area contributed by atoms with E-state index in [1.54, 1.807) is 6.20 Å². The highest BCUT2D eigenvalue weighted by Crippen LogP contribution is 2.21. The summed E-state index contributed by atoms with van der Waals surface area (Å²) in [5.74, 6) is 1.52. The Bertz CT molecular complexity index is 458. The van der Waals surface area contributed by atoms with Gasteiger partial charge in [0.2, 0.25) is 5.89 Å². The molecule has 0 radical (unpaired) electrons. The molecule has 0 atom stereocenters. The zero-order valence-electron chi connectivity index (χ0n) is 12.5. The number of nitrogens with one attached hydrogen (secondary N) is 2. The number of hydrogen-bond acceptors (Lipinski definition) is 5. The van der Waals surface area contributed by atoms with E-state index < -0.39 is 5.60 Å². The number of oxazole rings is 1. The van der Waals surface area contributed by atoms with Crippen LogP contribution in [-0.2, 0) is 11.3 Å². The van der Waals surface area contributed by atoms with E-state index in [9.17, 15) is 4.79 Å². The van der Waals surface area contributed by atoms with Gasteiger partial charge in [-0.15, -0.1) is 0 Å². The third-order valence-corrected chi connectivity index (χ3v) is 3.07. The normalized spacial score (nSPS) is 22.2. The second-order valence-electron chi connectivity index (χ2n) is 6.26. The van der Waals surface area contributed by atoms with E-state index in [-0.39, 0.29) is 12.1 Å². The highest BCUT2D eigenvalue weighted by molar-refractivity contribution is 5.68. The summed E-state index contributed by atoms with van der Waals surface area (Å²) in [6.07, 6.45) is 3.17. The van der Waals surface area contributed by atoms with Gasteiger partial charge in [-0.25, -0.2) is 9.78 Å². The van der Waals surface area contributed by atoms with Crippen LogP contribution in [0.2, 0.25) is 0 Å². The third kappa shape index (κ3) is 4.52. The number of rotatable bonds is 4. The van der Waals surface area contributed by atoms with Crippen molar-refractivity contribution in [3.05, 3.63) is 17.8 Å². The topological polar surface area (TPSA) is 76.4 Å². The van der Waals surface area contributed by atoms with E-state index in [1.165, 1.54) is 0 Å². The Hall–Kier alpha value is -1.56. The lowest BCUT2D eigenvalue weighted by Crippen LogP contribution is -2.53. The summed E-state index contributed by atoms with van der Waals surface area (Å²) in [5, 5.41) is 6.22. The van der Waals surface area contributed by atoms with Crippen molar-refractivity contribution in [1.29, 1.82) is 0 Å². The van der Waals surface area contributed by atoms with Crippen LogP contribution >= 0.6 is 0 Å². The zero-order valence-corrected chi connectivity index (χ0v) is 12.5. The summed E-state index contributed by atoms with van der Waals surface area (Å²) in [7, 11) is 0. The maximum atomic E-state index is 11.6. The van der Waals surface area contributed by atoms with E-state index in [2.05, 4.69) is 15.6 Å². The van der Waals surface area contributed by atoms with Gasteiger partial charge in [-0.1, -0.05) is 0 Å². The monoisotopic (exact) mass is 281 g/mol. The molecule has 0 bridgehead atoms. The molecule has 0 spiro atoms. The van der Waals surface area contributed by atoms with Crippen LogP contribution in [0.25, 0.3) is 0 Å². The number of ether oxygens (including phenoxy) is 1. The number of aryl methyl sites for hydroxylation is 1. The molecule has 20 heavy (non-hydrogen) atoms. The van der Waals surface area contributed by atoms with Crippen LogP contribution in [0.1, 0.15) is 45.3 Å². The molecule has 1 aliphatic rings. The number of alkyl carbamates (subject to hydrolysis) is 1. The third-order valence-electron chi connectivity index (χ3n) is 3.07. The van der Waals surface area contributed by atoms with E-state index in [0.717, 1.165) is 18.6 Å². The Morgan fingerprint density at radius 1 is 1.45 bits per heavy atom. The highest BCUT2D eigenvalue weighted by Gasteiger charge is 2.31. The van der Waals surface area contributed by atoms with Crippen LogP contribution in [0.3, 0.4) is 0 Å². The van der Waals surface area contributed by atoms with Crippen LogP contribution in [-0.4, -0.2) is 28.8 Å². The Morgan fingerprint density at radius 3 is 2.70 bits per heavy atom. The lowest BCUT2D eigenvalue weighted by atomic mass is 9.87. The molecule has 2 N–H and O–H groups in total. The van der Waals surface area contributed by atoms with Gasteiger partial charge in [0.15, 0.2) is 0 Å². The maximum Gasteiger partial charge on any atom is 0.407 e. The van der Waals surface area contributed by atoms with E-state index in [1.807, 2.05) is 27.7 Å². The molecule has 6 nitrogen and oxygen atoms in total. The number of amides is 1. The van der Waals surface area contributed by atoms with Crippen LogP contribution in [0.5, 0.6) is 0 Å². The van der Waals surface area contributed by atoms with Crippen molar-refractivity contribution in [1.82, 2.24) is 15.6 Å². The molecule has 112 valence electrons. The Labute approximate surface area is 119 Å². The molecule has 0 aromatic carbocycles. The van der Waals surface area contributed by atoms with Gasteiger partial charge in [0, 0.05) is 12.1 Å². The molecule has 6 heteroatoms. The predicted octanol–water partition coefficient (Wildman–Crippen LogP) is 2.13. The lowest BCUT2D eigenvalue weighted by molar-refractivity contribution is 0.0464. The summed E-state index contributed by atoms with van der Waals surface area (Å²) < 4.78 is 10.6. The molecule has 1 fully saturated rings. The predicted molar refractivity (Wildman–Crippen MR) is 74.3 cm³/mol. The van der Waals surface area contributed by atoms with Crippen molar-refractivity contribution >= 4 is 6.09 Å². The van der Waals surface area contributed by atoms with Crippen molar-refractivity contribution < 1.29 is 13.9 Å². The summed E-state index contributed by atoms with van der Waals surface area (Å²) in [4.78, 5) is 15.7. The summed E-state index contributed by atoms with van der Waals surface area (Å²) >= 11 is 0. The average molecular weight is 281 g/mol. The molecule has 1 saturated carbocycles. The molecule has 0 saturated heterocycles. The largest absolute Gasteiger partial charge is 0.445 e. The molecule has 1 aromatic heterocycles. The lowest BCUT2D eigenvalue weighted by Gasteiger charge is -2.36. The van der Waals surface area contributed by atoms with Crippen molar-refractivity contribution in [3.8, 4) is 0 Å². The number of hydrogen-bond donors (Lipinski definition) is 2. The first-order valence-electron chi connectivity index (χ1n) is 6.96. The molecule has 0 aliphatic heterocycles. The maximum absolute atomic E-state index is 11.6. The number of carbonyl (C=O) groups excluding carboxylic acids is 1. The minimum absolute atomic E-state index is 0.189. The number of nitrogens with zero attached hydrogens (tertiary/aromatic N) is 1. The Kier molecular flexibility index (Phi) is 4.32. The van der Waals surface area contributed by atoms with Gasteiger partial charge in [-0.3, -0.25) is 0 Å². The fourth-order valence-corrected chi connectivity index (χ4v) is 2.09. The van der Waals surface area contributed by atoms with Crippen LogP contribution in [0.15, 0.2) is 10.6 Å². The van der Waals surface area contributed by atoms with Gasteiger partial charge >= 0.3 is 6.09 Å². The van der Waals surface area contributed by atoms with E-state index in [0.29, 0.717) is 18.5 Å². The molecule has 1 aliphatic carbocycles. The van der Waals surface area contributed by atoms with Crippen LogP contribution < -0.4 is 10.6 Å². The fraction of sp³-hybridized carbons (Fsp3) is 0.714. The SMILES string of the molecule is Cc1cnc(CNC2CC(NC(=O)OC(C)(C)C)C2)o1. The Morgan fingerprint density at radius 2 is 2.15 bits per heavy atom. The molecule has 0 unspecified atom stereocenters. The van der Waals surface area contributed by atoms with Gasteiger partial charge in [-0.05, 0) is 40.5 Å². The van der Waals surface area contributed by atoms with Crippen molar-refractivity contribution in [2.24, 2.45) is 0 Å². The Balaban J connectivity index is 1.61. The minimum Gasteiger partial charge on any atom is -0.445 e. The first-order valence-corrected chi connectivity index (χ1v) is 6.96. The van der Waals surface area contributed by atoms with Crippen LogP contribution in [0, 0.1) is 6.92 Å². The van der Waals surface area contributed by atoms with Gasteiger partial charge in [0.05, 0.1) is 12.7 Å². The highest BCUT2D eigenvalue weighted by atomic mass is 16.6. The van der Waals surface area contributed by atoms with Gasteiger partial charge in [0.1, 0.15) is 11.4 Å². The van der Waals surface area contributed by atoms with E-state index in [4.69, 9.17) is 9.15 Å². The second-order valence-corrected chi connectivity index (χ2v) is 6.26. The standard InChI is InChI=1S/C14H23N3O3/c1-9-7-16-12(19-9)8-15-10-5-11(6-10)17-13(18)20-14(2,3)4/h7,10-11,15H,5-6,8H2,1-4H3,(H,17,18). The van der Waals surface area contributed by atoms with Crippen molar-refractivity contribution in [2.75, 3.05) is 0 Å². The first kappa shape index (κ1) is 14.8. The van der Waals surface area contributed by atoms with Gasteiger partial charge in [-0.2, -0.15) is 0 Å². The first-order chi connectivity index (χ1) is 9.32. The molecule has 1 aromatic rings. The molecular weight excluding hydrogens is 258 g/mol. The van der Waals surface area contributed by atoms with Crippen LogP contribution in [0.4, 0.5) is 4.79 Å². The molecule has 1 heterocycles. The van der Waals surface area contributed by atoms with Crippen molar-refractivity contribution in [2.45, 2.75) is 64.8 Å². The van der Waals surface area contributed by atoms with Gasteiger partial charge < -0.3 is 19.8 Å². The molecule has 2 rings (SSSR count). The zero-order chi connectivity index (χ0) is 14.8. The minimum atomic E-state index is -0.450. The van der Waals surface area contributed by atoms with E-state index >= 15 is 0 Å². The number of carbonyl (C=O) groups is 1. The number of aromatic nitrogens is 1. The molecular formula is C14H23N3O3. The van der Waals surface area contributed by atoms with Gasteiger partial charge in [0.25, 0.3) is 0 Å². The summed E-state index contributed by atoms with van der Waals surface area (Å²) in [5.41, 5.74) is -0.450. The fourth-order valence-electron chi connectivity index (χ4n) is 2.09. The summed E-state index contributed by atoms with van der Waals surface area (Å²) in [6, 6.07) is 0.579. The van der Waals surface area contributed by atoms with Crippen molar-refractivity contribution in [3.63, 3.8) is 0 Å². The summed E-state index contributed by atoms with van der Waals surface area (Å²) in [6.45, 7) is 8.07. The molecule has 1 amide bonds. The smallest absolute Gasteiger partial charge is 0.407 e. The average Bonchev–Trinajstić information content (AvgIpc) is 2.64.